The Morgan fingerprint density at radius 3 is 2.52 bits per heavy atom. The molecule has 0 unspecified atom stereocenters. The fraction of sp³-hybridized carbons (Fsp3) is 0.500. The second-order valence-corrected chi connectivity index (χ2v) is 6.37. The van der Waals surface area contributed by atoms with Crippen LogP contribution in [0.5, 0.6) is 0 Å². The van der Waals surface area contributed by atoms with Crippen LogP contribution in [0, 0.1) is 0 Å². The molecule has 2 rings (SSSR count). The summed E-state index contributed by atoms with van der Waals surface area (Å²) in [6, 6.07) is 6.03. The van der Waals surface area contributed by atoms with Gasteiger partial charge in [0, 0.05) is 25.6 Å². The number of likely N-dealkylation sites (N-methyl/N-ethyl adjacent to an activating group) is 1. The molecule has 0 bridgehead atoms. The highest BCUT2D eigenvalue weighted by molar-refractivity contribution is 5.91. The number of aryl methyl sites for hydroxylation is 1. The van der Waals surface area contributed by atoms with Crippen molar-refractivity contribution in [1.82, 2.24) is 19.9 Å². The third kappa shape index (κ3) is 8.32. The molecule has 2 aromatic rings. The number of halogens is 2. The number of fused-ring (bicyclic) bond motifs is 1. The number of imidazole rings is 1. The predicted octanol–water partition coefficient (Wildman–Crippen LogP) is 3.26. The Morgan fingerprint density at radius 1 is 1.24 bits per heavy atom. The average Bonchev–Trinajstić information content (AvgIpc) is 3.01. The molecule has 1 heterocycles. The molecule has 0 saturated carbocycles. The van der Waals surface area contributed by atoms with Crippen LogP contribution in [-0.4, -0.2) is 50.7 Å². The first kappa shape index (κ1) is 29.6. The minimum absolute atomic E-state index is 0. The lowest BCUT2D eigenvalue weighted by atomic mass is 10.2. The number of hydrogen-bond acceptors (Lipinski definition) is 4. The van der Waals surface area contributed by atoms with Crippen LogP contribution < -0.4 is 5.48 Å². The largest absolute Gasteiger partial charge is 0.412 e. The molecule has 1 aromatic carbocycles. The maximum atomic E-state index is 11.2. The number of aromatic nitrogens is 2. The molecular weight excluding hydrogens is 415 g/mol. The second kappa shape index (κ2) is 15.2. The number of carbonyl (C=O) groups excluding carboxylic acids is 1. The molecule has 0 fully saturated rings. The van der Waals surface area contributed by atoms with Crippen molar-refractivity contribution in [3.05, 3.63) is 35.7 Å². The Kier molecular flexibility index (Phi) is 15.5. The molecule has 0 aliphatic heterocycles. The van der Waals surface area contributed by atoms with Gasteiger partial charge >= 0.3 is 0 Å². The fourth-order valence-electron chi connectivity index (χ4n) is 3.07. The van der Waals surface area contributed by atoms with Crippen LogP contribution in [0.2, 0.25) is 0 Å². The van der Waals surface area contributed by atoms with E-state index in [-0.39, 0.29) is 30.3 Å². The number of nitrogens with one attached hydrogen (secondary N) is 1. The molecule has 0 aliphatic rings. The zero-order chi connectivity index (χ0) is 18.9. The third-order valence-corrected chi connectivity index (χ3v) is 4.68. The number of benzene rings is 1. The summed E-state index contributed by atoms with van der Waals surface area (Å²) in [7, 11) is 0. The molecule has 29 heavy (non-hydrogen) atoms. The zero-order valence-electron chi connectivity index (χ0n) is 17.4. The molecular formula is C20H34Cl2N4O3. The molecule has 9 heteroatoms. The molecule has 7 nitrogen and oxygen atoms in total. The van der Waals surface area contributed by atoms with Crippen LogP contribution in [0.15, 0.2) is 24.3 Å². The molecule has 1 amide bonds. The van der Waals surface area contributed by atoms with Gasteiger partial charge in [0.1, 0.15) is 5.82 Å². The number of nitrogens with zero attached hydrogens (tertiary/aromatic N) is 3. The van der Waals surface area contributed by atoms with Gasteiger partial charge in [0.15, 0.2) is 0 Å². The number of unbranched alkanes of at least 4 members (excludes halogenated alkanes) is 1. The Bertz CT molecular complexity index is 762. The maximum Gasteiger partial charge on any atom is 0.267 e. The molecule has 0 aliphatic carbocycles. The van der Waals surface area contributed by atoms with Crippen LogP contribution in [-0.2, 0) is 17.8 Å². The monoisotopic (exact) mass is 448 g/mol. The van der Waals surface area contributed by atoms with E-state index in [1.165, 1.54) is 6.08 Å². The normalized spacial score (nSPS) is 10.5. The van der Waals surface area contributed by atoms with Gasteiger partial charge in [0.25, 0.3) is 5.91 Å². The maximum absolute atomic E-state index is 11.2. The van der Waals surface area contributed by atoms with E-state index in [9.17, 15) is 4.79 Å². The molecule has 4 N–H and O–H groups in total. The highest BCUT2D eigenvalue weighted by atomic mass is 35.5. The van der Waals surface area contributed by atoms with Crippen LogP contribution in [0.3, 0.4) is 0 Å². The molecule has 0 atom stereocenters. The molecule has 0 saturated heterocycles. The first-order chi connectivity index (χ1) is 12.6. The van der Waals surface area contributed by atoms with Crippen LogP contribution in [0.4, 0.5) is 0 Å². The van der Waals surface area contributed by atoms with Gasteiger partial charge in [-0.1, -0.05) is 33.3 Å². The second-order valence-electron chi connectivity index (χ2n) is 6.37. The van der Waals surface area contributed by atoms with Crippen molar-refractivity contribution in [2.45, 2.75) is 46.6 Å². The summed E-state index contributed by atoms with van der Waals surface area (Å²) in [4.78, 5) is 18.4. The lowest BCUT2D eigenvalue weighted by Crippen LogP contribution is -2.27. The number of hydroxylamine groups is 1. The fourth-order valence-corrected chi connectivity index (χ4v) is 3.07. The Labute approximate surface area is 185 Å². The lowest BCUT2D eigenvalue weighted by Gasteiger charge is -2.19. The minimum atomic E-state index is -0.543. The van der Waals surface area contributed by atoms with E-state index < -0.39 is 5.91 Å². The van der Waals surface area contributed by atoms with Crippen molar-refractivity contribution in [2.24, 2.45) is 0 Å². The zero-order valence-corrected chi connectivity index (χ0v) is 19.0. The van der Waals surface area contributed by atoms with Crippen LogP contribution in [0.1, 0.15) is 45.0 Å². The van der Waals surface area contributed by atoms with Gasteiger partial charge in [-0.15, -0.1) is 24.8 Å². The quantitative estimate of drug-likeness (QED) is 0.330. The first-order valence-electron chi connectivity index (χ1n) is 9.46. The Balaban J connectivity index is 0. The number of rotatable bonds is 10. The van der Waals surface area contributed by atoms with E-state index in [0.717, 1.165) is 67.9 Å². The van der Waals surface area contributed by atoms with Crippen molar-refractivity contribution in [2.75, 3.05) is 19.6 Å². The molecule has 1 aromatic heterocycles. The SMILES string of the molecule is CCCCc1nc2cc(C=CC(=O)NO)ccc2n1CCN(CC)CC.Cl.Cl.O. The summed E-state index contributed by atoms with van der Waals surface area (Å²) < 4.78 is 2.33. The highest BCUT2D eigenvalue weighted by Crippen LogP contribution is 2.20. The summed E-state index contributed by atoms with van der Waals surface area (Å²) in [5.74, 6) is 0.585. The number of hydrogen-bond donors (Lipinski definition) is 2. The van der Waals surface area contributed by atoms with E-state index in [4.69, 9.17) is 10.2 Å². The summed E-state index contributed by atoms with van der Waals surface area (Å²) >= 11 is 0. The van der Waals surface area contributed by atoms with Crippen molar-refractivity contribution < 1.29 is 15.5 Å². The van der Waals surface area contributed by atoms with E-state index in [2.05, 4.69) is 36.3 Å². The molecule has 0 spiro atoms. The summed E-state index contributed by atoms with van der Waals surface area (Å²) in [6.07, 6.45) is 6.21. The van der Waals surface area contributed by atoms with Gasteiger partial charge in [-0.05, 0) is 43.3 Å². The third-order valence-electron chi connectivity index (χ3n) is 4.68. The van der Waals surface area contributed by atoms with E-state index in [1.807, 2.05) is 12.1 Å². The van der Waals surface area contributed by atoms with E-state index in [0.29, 0.717) is 0 Å². The van der Waals surface area contributed by atoms with Crippen molar-refractivity contribution >= 4 is 47.8 Å². The van der Waals surface area contributed by atoms with Crippen LogP contribution >= 0.6 is 24.8 Å². The highest BCUT2D eigenvalue weighted by Gasteiger charge is 2.12. The van der Waals surface area contributed by atoms with E-state index >= 15 is 0 Å². The van der Waals surface area contributed by atoms with Crippen molar-refractivity contribution in [1.29, 1.82) is 0 Å². The van der Waals surface area contributed by atoms with Gasteiger partial charge in [0.05, 0.1) is 11.0 Å². The lowest BCUT2D eigenvalue weighted by molar-refractivity contribution is -0.124. The Hall–Kier alpha value is -1.64. The molecule has 0 radical (unpaired) electrons. The smallest absolute Gasteiger partial charge is 0.267 e. The number of amides is 1. The van der Waals surface area contributed by atoms with Gasteiger partial charge in [-0.25, -0.2) is 10.5 Å². The number of carbonyl (C=O) groups is 1. The van der Waals surface area contributed by atoms with Gasteiger partial charge < -0.3 is 14.9 Å². The van der Waals surface area contributed by atoms with Gasteiger partial charge in [-0.3, -0.25) is 10.0 Å². The van der Waals surface area contributed by atoms with Crippen molar-refractivity contribution in [3.8, 4) is 0 Å². The average molecular weight is 449 g/mol. The predicted molar refractivity (Wildman–Crippen MR) is 123 cm³/mol. The summed E-state index contributed by atoms with van der Waals surface area (Å²) in [5, 5.41) is 8.58. The topological polar surface area (TPSA) is 102 Å². The van der Waals surface area contributed by atoms with Gasteiger partial charge in [0.2, 0.25) is 0 Å². The summed E-state index contributed by atoms with van der Waals surface area (Å²) in [5.41, 5.74) is 4.56. The van der Waals surface area contributed by atoms with Crippen LogP contribution in [0.25, 0.3) is 17.1 Å². The Morgan fingerprint density at radius 2 is 1.93 bits per heavy atom. The molecule has 166 valence electrons. The standard InChI is InChI=1S/C20H30N4O2.2ClH.H2O/c1-4-7-8-19-21-17-15-16(10-12-20(25)22-26)9-11-18(17)24(19)14-13-23(5-2)6-3;;;/h9-12,15,26H,4-8,13-14H2,1-3H3,(H,22,25);2*1H;1H2. The van der Waals surface area contributed by atoms with Crippen molar-refractivity contribution in [3.63, 3.8) is 0 Å². The minimum Gasteiger partial charge on any atom is -0.412 e. The summed E-state index contributed by atoms with van der Waals surface area (Å²) in [6.45, 7) is 10.6. The van der Waals surface area contributed by atoms with Gasteiger partial charge in [-0.2, -0.15) is 0 Å². The van der Waals surface area contributed by atoms with E-state index in [1.54, 1.807) is 11.6 Å². The first-order valence-corrected chi connectivity index (χ1v) is 9.46.